The predicted octanol–water partition coefficient (Wildman–Crippen LogP) is 8.02. The number of rotatable bonds is 16. The first-order valence-electron chi connectivity index (χ1n) is 11.6. The molecule has 0 N–H and O–H groups in total. The molecule has 29 heavy (non-hydrogen) atoms. The van der Waals surface area contributed by atoms with Gasteiger partial charge in [-0.05, 0) is 23.2 Å². The number of unbranched alkanes of at least 4 members (excludes halogenated alkanes) is 6. The Bertz CT molecular complexity index is 572. The third-order valence-electron chi connectivity index (χ3n) is 5.51. The highest BCUT2D eigenvalue weighted by atomic mass is 28.4. The molecule has 3 heteroatoms. The molecule has 2 aromatic carbocycles. The van der Waals surface area contributed by atoms with Gasteiger partial charge in [0, 0.05) is 0 Å². The van der Waals surface area contributed by atoms with Crippen LogP contribution in [0.1, 0.15) is 76.3 Å². The largest absolute Gasteiger partial charge is 0.390 e. The molecular weight excluding hydrogens is 372 g/mol. The molecule has 0 fully saturated rings. The van der Waals surface area contributed by atoms with Crippen LogP contribution in [-0.2, 0) is 22.1 Å². The van der Waals surface area contributed by atoms with E-state index in [4.69, 9.17) is 8.85 Å². The Labute approximate surface area is 179 Å². The highest BCUT2D eigenvalue weighted by Crippen LogP contribution is 2.28. The van der Waals surface area contributed by atoms with E-state index in [1.165, 1.54) is 62.5 Å². The summed E-state index contributed by atoms with van der Waals surface area (Å²) in [6, 6.07) is 23.3. The summed E-state index contributed by atoms with van der Waals surface area (Å²) in [7, 11) is -2.26. The monoisotopic (exact) mass is 412 g/mol. The van der Waals surface area contributed by atoms with Gasteiger partial charge >= 0.3 is 8.56 Å². The molecule has 0 amide bonds. The van der Waals surface area contributed by atoms with Gasteiger partial charge in [-0.3, -0.25) is 0 Å². The first-order valence-corrected chi connectivity index (χ1v) is 13.9. The lowest BCUT2D eigenvalue weighted by Crippen LogP contribution is -2.42. The van der Waals surface area contributed by atoms with Gasteiger partial charge in [0.15, 0.2) is 0 Å². The lowest BCUT2D eigenvalue weighted by molar-refractivity contribution is 0.150. The minimum atomic E-state index is -2.26. The van der Waals surface area contributed by atoms with E-state index in [2.05, 4.69) is 74.5 Å². The zero-order valence-electron chi connectivity index (χ0n) is 18.6. The van der Waals surface area contributed by atoms with E-state index in [0.717, 1.165) is 12.1 Å². The Morgan fingerprint density at radius 1 is 0.552 bits per heavy atom. The number of benzene rings is 2. The van der Waals surface area contributed by atoms with Crippen LogP contribution in [-0.4, -0.2) is 8.56 Å². The van der Waals surface area contributed by atoms with Gasteiger partial charge in [0.05, 0.1) is 13.2 Å². The number of hydrogen-bond donors (Lipinski definition) is 0. The van der Waals surface area contributed by atoms with Crippen LogP contribution in [0.3, 0.4) is 0 Å². The zero-order valence-corrected chi connectivity index (χ0v) is 19.6. The summed E-state index contributed by atoms with van der Waals surface area (Å²) >= 11 is 0. The molecule has 0 heterocycles. The molecule has 0 aliphatic rings. The SMILES string of the molecule is CCCCCC[Si](CCCCCC)(OCc1ccccc1)OCc1ccccc1. The minimum Gasteiger partial charge on any atom is -0.390 e. The van der Waals surface area contributed by atoms with Crippen LogP contribution in [0.5, 0.6) is 0 Å². The van der Waals surface area contributed by atoms with Crippen molar-refractivity contribution < 1.29 is 8.85 Å². The number of hydrogen-bond acceptors (Lipinski definition) is 2. The smallest absolute Gasteiger partial charge is 0.338 e. The Morgan fingerprint density at radius 2 is 0.966 bits per heavy atom. The summed E-state index contributed by atoms with van der Waals surface area (Å²) in [5, 5.41) is 0. The van der Waals surface area contributed by atoms with E-state index >= 15 is 0 Å². The Balaban J connectivity index is 2.07. The average Bonchev–Trinajstić information content (AvgIpc) is 2.78. The Kier molecular flexibility index (Phi) is 12.0. The maximum absolute atomic E-state index is 6.71. The molecule has 0 bridgehead atoms. The molecule has 2 nitrogen and oxygen atoms in total. The van der Waals surface area contributed by atoms with E-state index in [-0.39, 0.29) is 0 Å². The van der Waals surface area contributed by atoms with E-state index in [1.54, 1.807) is 0 Å². The predicted molar refractivity (Wildman–Crippen MR) is 126 cm³/mol. The van der Waals surface area contributed by atoms with E-state index in [0.29, 0.717) is 13.2 Å². The average molecular weight is 413 g/mol. The standard InChI is InChI=1S/C26H40O2Si/c1-3-5-7-15-21-29(22-16-8-6-4-2,27-23-25-17-11-9-12-18-25)28-24-26-19-13-10-14-20-26/h9-14,17-20H,3-8,15-16,21-24H2,1-2H3. The molecule has 0 unspecified atom stereocenters. The fourth-order valence-electron chi connectivity index (χ4n) is 3.68. The van der Waals surface area contributed by atoms with Crippen molar-refractivity contribution in [1.82, 2.24) is 0 Å². The molecular formula is C26H40O2Si. The molecule has 160 valence electrons. The van der Waals surface area contributed by atoms with E-state index < -0.39 is 8.56 Å². The van der Waals surface area contributed by atoms with E-state index in [1.807, 2.05) is 0 Å². The summed E-state index contributed by atoms with van der Waals surface area (Å²) < 4.78 is 13.4. The quantitative estimate of drug-likeness (QED) is 0.205. The molecule has 0 aliphatic heterocycles. The molecule has 2 rings (SSSR count). The van der Waals surface area contributed by atoms with Crippen LogP contribution >= 0.6 is 0 Å². The lowest BCUT2D eigenvalue weighted by atomic mass is 10.2. The molecule has 0 spiro atoms. The molecule has 0 atom stereocenters. The molecule has 0 saturated carbocycles. The van der Waals surface area contributed by atoms with Gasteiger partial charge < -0.3 is 8.85 Å². The second kappa shape index (κ2) is 14.5. The summed E-state index contributed by atoms with van der Waals surface area (Å²) in [5.74, 6) is 0. The summed E-state index contributed by atoms with van der Waals surface area (Å²) in [4.78, 5) is 0. The summed E-state index contributed by atoms with van der Waals surface area (Å²) in [6.07, 6.45) is 10.1. The third-order valence-corrected chi connectivity index (χ3v) is 9.08. The van der Waals surface area contributed by atoms with Crippen LogP contribution in [0.15, 0.2) is 60.7 Å². The van der Waals surface area contributed by atoms with Crippen LogP contribution in [0.4, 0.5) is 0 Å². The van der Waals surface area contributed by atoms with Gasteiger partial charge in [0.25, 0.3) is 0 Å². The molecule has 2 aromatic rings. The van der Waals surface area contributed by atoms with Gasteiger partial charge in [0.1, 0.15) is 0 Å². The lowest BCUT2D eigenvalue weighted by Gasteiger charge is -2.31. The van der Waals surface area contributed by atoms with Crippen molar-refractivity contribution in [1.29, 1.82) is 0 Å². The van der Waals surface area contributed by atoms with E-state index in [9.17, 15) is 0 Å². The van der Waals surface area contributed by atoms with Crippen LogP contribution in [0, 0.1) is 0 Å². The maximum atomic E-state index is 6.71. The molecule has 0 aliphatic carbocycles. The highest BCUT2D eigenvalue weighted by Gasteiger charge is 2.36. The van der Waals surface area contributed by atoms with Crippen LogP contribution < -0.4 is 0 Å². The first-order chi connectivity index (χ1) is 14.3. The van der Waals surface area contributed by atoms with Crippen molar-refractivity contribution in [2.75, 3.05) is 0 Å². The van der Waals surface area contributed by atoms with Gasteiger partial charge in [-0.25, -0.2) is 0 Å². The van der Waals surface area contributed by atoms with Crippen molar-refractivity contribution in [2.45, 2.75) is 90.5 Å². The van der Waals surface area contributed by atoms with Crippen LogP contribution in [0.25, 0.3) is 0 Å². The first kappa shape index (κ1) is 23.9. The van der Waals surface area contributed by atoms with Gasteiger partial charge in [0.2, 0.25) is 0 Å². The Morgan fingerprint density at radius 3 is 1.34 bits per heavy atom. The second-order valence-corrected chi connectivity index (χ2v) is 11.5. The van der Waals surface area contributed by atoms with Crippen molar-refractivity contribution in [2.24, 2.45) is 0 Å². The topological polar surface area (TPSA) is 18.5 Å². The maximum Gasteiger partial charge on any atom is 0.338 e. The molecule has 0 saturated heterocycles. The molecule has 0 radical (unpaired) electrons. The normalized spacial score (nSPS) is 11.7. The Hall–Kier alpha value is -1.42. The van der Waals surface area contributed by atoms with Gasteiger partial charge in [-0.2, -0.15) is 0 Å². The van der Waals surface area contributed by atoms with Crippen molar-refractivity contribution >= 4 is 8.56 Å². The van der Waals surface area contributed by atoms with Gasteiger partial charge in [-0.1, -0.05) is 126 Å². The fourth-order valence-corrected chi connectivity index (χ4v) is 7.02. The third kappa shape index (κ3) is 9.75. The fraction of sp³-hybridized carbons (Fsp3) is 0.538. The molecule has 0 aromatic heterocycles. The summed E-state index contributed by atoms with van der Waals surface area (Å²) in [5.41, 5.74) is 2.49. The van der Waals surface area contributed by atoms with Crippen molar-refractivity contribution in [3.05, 3.63) is 71.8 Å². The van der Waals surface area contributed by atoms with Crippen molar-refractivity contribution in [3.63, 3.8) is 0 Å². The minimum absolute atomic E-state index is 0.670. The zero-order chi connectivity index (χ0) is 20.6. The van der Waals surface area contributed by atoms with Gasteiger partial charge in [-0.15, -0.1) is 0 Å². The van der Waals surface area contributed by atoms with Crippen molar-refractivity contribution in [3.8, 4) is 0 Å². The second-order valence-electron chi connectivity index (χ2n) is 8.08. The summed E-state index contributed by atoms with van der Waals surface area (Å²) in [6.45, 7) is 5.88. The van der Waals surface area contributed by atoms with Crippen LogP contribution in [0.2, 0.25) is 12.1 Å². The highest BCUT2D eigenvalue weighted by molar-refractivity contribution is 6.67.